The summed E-state index contributed by atoms with van der Waals surface area (Å²) in [6.45, 7) is 0.0325. The minimum atomic E-state index is -1.20. The van der Waals surface area contributed by atoms with Crippen LogP contribution < -0.4 is 10.6 Å². The molecule has 0 unspecified atom stereocenters. The number of carboxylic acid groups (broad SMARTS) is 1. The van der Waals surface area contributed by atoms with Crippen LogP contribution in [0.5, 0.6) is 0 Å². The van der Waals surface area contributed by atoms with Crippen LogP contribution in [-0.2, 0) is 27.4 Å². The number of carboxylic acids is 1. The zero-order chi connectivity index (χ0) is 22.9. The number of carbonyl (C=O) groups is 3. The molecule has 0 aromatic heterocycles. The SMILES string of the molecule is O=C(N[C@@H](Cc1ccccc1)C(=O)N[C@@H](CS)C(=O)O)OCc1ccc2ccccc2c1. The van der Waals surface area contributed by atoms with Crippen molar-refractivity contribution in [3.05, 3.63) is 83.9 Å². The van der Waals surface area contributed by atoms with Crippen molar-refractivity contribution >= 4 is 41.4 Å². The van der Waals surface area contributed by atoms with Gasteiger partial charge >= 0.3 is 12.1 Å². The fourth-order valence-electron chi connectivity index (χ4n) is 3.18. The molecule has 0 saturated carbocycles. The van der Waals surface area contributed by atoms with E-state index in [-0.39, 0.29) is 18.8 Å². The van der Waals surface area contributed by atoms with Crippen molar-refractivity contribution in [2.75, 3.05) is 5.75 Å². The van der Waals surface area contributed by atoms with Gasteiger partial charge in [-0.3, -0.25) is 4.79 Å². The molecule has 0 aliphatic heterocycles. The molecular formula is C24H24N2O5S. The summed E-state index contributed by atoms with van der Waals surface area (Å²) in [6.07, 6.45) is -0.594. The largest absolute Gasteiger partial charge is 0.480 e. The Bertz CT molecular complexity index is 1090. The first-order valence-corrected chi connectivity index (χ1v) is 10.7. The molecule has 0 bridgehead atoms. The van der Waals surface area contributed by atoms with Gasteiger partial charge in [-0.05, 0) is 28.0 Å². The normalized spacial score (nSPS) is 12.5. The van der Waals surface area contributed by atoms with E-state index in [4.69, 9.17) is 4.74 Å². The van der Waals surface area contributed by atoms with E-state index >= 15 is 0 Å². The summed E-state index contributed by atoms with van der Waals surface area (Å²) in [5, 5.41) is 16.2. The smallest absolute Gasteiger partial charge is 0.408 e. The molecule has 166 valence electrons. The number of benzene rings is 3. The lowest BCUT2D eigenvalue weighted by Crippen LogP contribution is -2.53. The van der Waals surface area contributed by atoms with Gasteiger partial charge in [-0.15, -0.1) is 0 Å². The Balaban J connectivity index is 1.65. The Kier molecular flexibility index (Phi) is 8.10. The van der Waals surface area contributed by atoms with E-state index in [2.05, 4.69) is 23.3 Å². The molecule has 0 aliphatic carbocycles. The van der Waals surface area contributed by atoms with E-state index in [0.717, 1.165) is 21.9 Å². The number of aliphatic carboxylic acids is 1. The third-order valence-corrected chi connectivity index (χ3v) is 5.24. The van der Waals surface area contributed by atoms with Crippen molar-refractivity contribution in [1.82, 2.24) is 10.6 Å². The van der Waals surface area contributed by atoms with Crippen molar-refractivity contribution in [3.8, 4) is 0 Å². The second-order valence-electron chi connectivity index (χ2n) is 7.23. The Morgan fingerprint density at radius 2 is 1.53 bits per heavy atom. The number of thiol groups is 1. The maximum Gasteiger partial charge on any atom is 0.408 e. The Labute approximate surface area is 191 Å². The lowest BCUT2D eigenvalue weighted by Gasteiger charge is -2.21. The van der Waals surface area contributed by atoms with Crippen LogP contribution in [0.4, 0.5) is 4.79 Å². The molecule has 3 N–H and O–H groups in total. The van der Waals surface area contributed by atoms with Crippen LogP contribution in [0.15, 0.2) is 72.8 Å². The van der Waals surface area contributed by atoms with Gasteiger partial charge in [0, 0.05) is 12.2 Å². The molecule has 2 atom stereocenters. The maximum absolute atomic E-state index is 12.7. The highest BCUT2D eigenvalue weighted by molar-refractivity contribution is 7.80. The number of nitrogens with one attached hydrogen (secondary N) is 2. The van der Waals surface area contributed by atoms with Crippen molar-refractivity contribution in [3.63, 3.8) is 0 Å². The quantitative estimate of drug-likeness (QED) is 0.373. The number of ether oxygens (including phenoxy) is 1. The number of carbonyl (C=O) groups excluding carboxylic acids is 2. The monoisotopic (exact) mass is 452 g/mol. The van der Waals surface area contributed by atoms with Gasteiger partial charge < -0.3 is 20.5 Å². The van der Waals surface area contributed by atoms with Crippen molar-refractivity contribution in [2.45, 2.75) is 25.1 Å². The third-order valence-electron chi connectivity index (χ3n) is 4.87. The molecule has 0 fully saturated rings. The van der Waals surface area contributed by atoms with E-state index in [1.165, 1.54) is 0 Å². The fourth-order valence-corrected chi connectivity index (χ4v) is 3.43. The van der Waals surface area contributed by atoms with E-state index in [0.29, 0.717) is 0 Å². The summed E-state index contributed by atoms with van der Waals surface area (Å²) in [6, 6.07) is 20.5. The highest BCUT2D eigenvalue weighted by Crippen LogP contribution is 2.16. The van der Waals surface area contributed by atoms with Crippen LogP contribution in [0.3, 0.4) is 0 Å². The Morgan fingerprint density at radius 3 is 2.22 bits per heavy atom. The van der Waals surface area contributed by atoms with E-state index in [1.54, 1.807) is 0 Å². The van der Waals surface area contributed by atoms with Gasteiger partial charge in [0.25, 0.3) is 0 Å². The first kappa shape index (κ1) is 23.1. The highest BCUT2D eigenvalue weighted by Gasteiger charge is 2.26. The number of fused-ring (bicyclic) bond motifs is 1. The standard InChI is InChI=1S/C24H24N2O5S/c27-22(25-21(15-32)23(28)29)20(13-16-6-2-1-3-7-16)26-24(30)31-14-17-10-11-18-8-4-5-9-19(18)12-17/h1-12,20-21,32H,13-15H2,(H,25,27)(H,26,30)(H,28,29)/t20-,21-/m0/s1. The van der Waals surface area contributed by atoms with Gasteiger partial charge in [-0.2, -0.15) is 12.6 Å². The molecule has 0 heterocycles. The molecule has 8 heteroatoms. The summed E-state index contributed by atoms with van der Waals surface area (Å²) in [4.78, 5) is 36.4. The third kappa shape index (κ3) is 6.49. The van der Waals surface area contributed by atoms with Crippen molar-refractivity contribution < 1.29 is 24.2 Å². The predicted molar refractivity (Wildman–Crippen MR) is 125 cm³/mol. The molecule has 3 aromatic carbocycles. The Morgan fingerprint density at radius 1 is 0.844 bits per heavy atom. The van der Waals surface area contributed by atoms with E-state index in [9.17, 15) is 19.5 Å². The molecule has 0 spiro atoms. The molecule has 0 aliphatic rings. The molecular weight excluding hydrogens is 428 g/mol. The van der Waals surface area contributed by atoms with Crippen LogP contribution >= 0.6 is 12.6 Å². The second-order valence-corrected chi connectivity index (χ2v) is 7.59. The minimum Gasteiger partial charge on any atom is -0.480 e. The van der Waals surface area contributed by atoms with E-state index < -0.39 is 30.1 Å². The van der Waals surface area contributed by atoms with Crippen LogP contribution in [0.2, 0.25) is 0 Å². The average Bonchev–Trinajstić information content (AvgIpc) is 2.81. The highest BCUT2D eigenvalue weighted by atomic mass is 32.1. The van der Waals surface area contributed by atoms with E-state index in [1.807, 2.05) is 72.8 Å². The molecule has 32 heavy (non-hydrogen) atoms. The lowest BCUT2D eigenvalue weighted by atomic mass is 10.1. The molecule has 2 amide bonds. The lowest BCUT2D eigenvalue weighted by molar-refractivity contribution is -0.141. The molecule has 0 radical (unpaired) electrons. The number of hydrogen-bond acceptors (Lipinski definition) is 5. The molecule has 7 nitrogen and oxygen atoms in total. The van der Waals surface area contributed by atoms with Crippen LogP contribution in [0.1, 0.15) is 11.1 Å². The number of alkyl carbamates (subject to hydrolysis) is 1. The molecule has 3 aromatic rings. The summed E-state index contributed by atoms with van der Waals surface area (Å²) >= 11 is 3.96. The van der Waals surface area contributed by atoms with Crippen LogP contribution in [-0.4, -0.2) is 40.9 Å². The number of rotatable bonds is 9. The van der Waals surface area contributed by atoms with Gasteiger partial charge in [0.05, 0.1) is 0 Å². The summed E-state index contributed by atoms with van der Waals surface area (Å²) in [5.41, 5.74) is 1.61. The first-order valence-electron chi connectivity index (χ1n) is 10.0. The van der Waals surface area contributed by atoms with Gasteiger partial charge in [-0.1, -0.05) is 66.7 Å². The fraction of sp³-hybridized carbons (Fsp3) is 0.208. The van der Waals surface area contributed by atoms with Gasteiger partial charge in [0.2, 0.25) is 5.91 Å². The number of hydrogen-bond donors (Lipinski definition) is 4. The predicted octanol–water partition coefficient (Wildman–Crippen LogP) is 3.18. The summed E-state index contributed by atoms with van der Waals surface area (Å²) < 4.78 is 5.31. The summed E-state index contributed by atoms with van der Waals surface area (Å²) in [5.74, 6) is -1.91. The Hall–Kier alpha value is -3.52. The maximum atomic E-state index is 12.7. The van der Waals surface area contributed by atoms with Gasteiger partial charge in [0.15, 0.2) is 0 Å². The second kappa shape index (κ2) is 11.2. The average molecular weight is 453 g/mol. The molecule has 3 rings (SSSR count). The topological polar surface area (TPSA) is 105 Å². The first-order chi connectivity index (χ1) is 15.5. The van der Waals surface area contributed by atoms with Crippen LogP contribution in [0.25, 0.3) is 10.8 Å². The molecule has 0 saturated heterocycles. The van der Waals surface area contributed by atoms with Crippen LogP contribution in [0, 0.1) is 0 Å². The summed E-state index contributed by atoms with van der Waals surface area (Å²) in [7, 11) is 0. The number of amides is 2. The van der Waals surface area contributed by atoms with Crippen molar-refractivity contribution in [1.29, 1.82) is 0 Å². The van der Waals surface area contributed by atoms with Gasteiger partial charge in [-0.25, -0.2) is 9.59 Å². The zero-order valence-corrected chi connectivity index (χ0v) is 18.1. The van der Waals surface area contributed by atoms with Crippen molar-refractivity contribution in [2.24, 2.45) is 0 Å². The van der Waals surface area contributed by atoms with Gasteiger partial charge in [0.1, 0.15) is 18.7 Å². The zero-order valence-electron chi connectivity index (χ0n) is 17.2. The minimum absolute atomic E-state index is 0.0325.